The normalized spacial score (nSPS) is 10.5. The number of nitrogen functional groups attached to an aromatic ring is 1. The lowest BCUT2D eigenvalue weighted by atomic mass is 10.1. The third kappa shape index (κ3) is 1.83. The molecule has 0 bridgehead atoms. The average molecular weight is 269 g/mol. The molecule has 0 saturated heterocycles. The minimum Gasteiger partial charge on any atom is -0.507 e. The Bertz CT molecular complexity index is 508. The van der Waals surface area contributed by atoms with Crippen LogP contribution in [-0.2, 0) is 0 Å². The van der Waals surface area contributed by atoms with Crippen LogP contribution < -0.4 is 5.73 Å². The number of phenolic OH excluding ortho intramolecular Hbond substituents is 1. The second-order valence-corrected chi connectivity index (χ2v) is 4.09. The van der Waals surface area contributed by atoms with Crippen molar-refractivity contribution in [3.8, 4) is 17.0 Å². The maximum atomic E-state index is 9.46. The van der Waals surface area contributed by atoms with Crippen LogP contribution >= 0.6 is 15.9 Å². The highest BCUT2D eigenvalue weighted by Crippen LogP contribution is 2.32. The van der Waals surface area contributed by atoms with E-state index in [1.165, 1.54) is 0 Å². The van der Waals surface area contributed by atoms with Crippen LogP contribution in [0.3, 0.4) is 0 Å². The molecule has 0 aliphatic heterocycles. The van der Waals surface area contributed by atoms with Crippen LogP contribution in [0.15, 0.2) is 27.2 Å². The topological polar surface area (TPSA) is 72.3 Å². The standard InChI is InChI=1S/C10H9BrN2O2/c1-5-2-9(14)7(11)3-6(5)8-4-10(12)15-13-8/h2-4,14H,12H2,1H3. The average Bonchev–Trinajstić information content (AvgIpc) is 2.58. The molecule has 4 nitrogen and oxygen atoms in total. The van der Waals surface area contributed by atoms with Gasteiger partial charge in [-0.1, -0.05) is 5.16 Å². The molecule has 1 heterocycles. The van der Waals surface area contributed by atoms with Crippen molar-refractivity contribution >= 4 is 21.8 Å². The summed E-state index contributed by atoms with van der Waals surface area (Å²) in [5, 5.41) is 13.3. The number of phenols is 1. The number of anilines is 1. The second-order valence-electron chi connectivity index (χ2n) is 3.23. The molecule has 0 saturated carbocycles. The summed E-state index contributed by atoms with van der Waals surface area (Å²) in [6, 6.07) is 5.08. The Morgan fingerprint density at radius 1 is 1.40 bits per heavy atom. The lowest BCUT2D eigenvalue weighted by molar-refractivity contribution is 0.439. The number of aromatic hydroxyl groups is 1. The number of hydrogen-bond acceptors (Lipinski definition) is 4. The van der Waals surface area contributed by atoms with Gasteiger partial charge in [0, 0.05) is 11.6 Å². The number of aromatic nitrogens is 1. The summed E-state index contributed by atoms with van der Waals surface area (Å²) in [4.78, 5) is 0. The molecular weight excluding hydrogens is 260 g/mol. The van der Waals surface area contributed by atoms with E-state index in [0.29, 0.717) is 10.2 Å². The first kappa shape index (κ1) is 10.0. The van der Waals surface area contributed by atoms with E-state index >= 15 is 0 Å². The maximum absolute atomic E-state index is 9.46. The van der Waals surface area contributed by atoms with Crippen LogP contribution in [0.2, 0.25) is 0 Å². The van der Waals surface area contributed by atoms with Crippen molar-refractivity contribution in [2.75, 3.05) is 5.73 Å². The summed E-state index contributed by atoms with van der Waals surface area (Å²) in [5.74, 6) is 0.473. The molecule has 78 valence electrons. The van der Waals surface area contributed by atoms with E-state index in [4.69, 9.17) is 10.3 Å². The third-order valence-electron chi connectivity index (χ3n) is 2.10. The molecule has 0 fully saturated rings. The summed E-state index contributed by atoms with van der Waals surface area (Å²) in [5.41, 5.74) is 7.88. The predicted octanol–water partition coefficient (Wildman–Crippen LogP) is 2.70. The zero-order valence-corrected chi connectivity index (χ0v) is 9.58. The quantitative estimate of drug-likeness (QED) is 0.834. The van der Waals surface area contributed by atoms with Crippen molar-refractivity contribution in [2.24, 2.45) is 0 Å². The van der Waals surface area contributed by atoms with E-state index in [-0.39, 0.29) is 11.6 Å². The molecule has 5 heteroatoms. The van der Waals surface area contributed by atoms with Gasteiger partial charge in [-0.15, -0.1) is 0 Å². The monoisotopic (exact) mass is 268 g/mol. The largest absolute Gasteiger partial charge is 0.507 e. The van der Waals surface area contributed by atoms with Gasteiger partial charge in [-0.2, -0.15) is 0 Å². The van der Waals surface area contributed by atoms with Crippen LogP contribution in [0.1, 0.15) is 5.56 Å². The minimum atomic E-state index is 0.202. The minimum absolute atomic E-state index is 0.202. The summed E-state index contributed by atoms with van der Waals surface area (Å²) < 4.78 is 5.41. The highest BCUT2D eigenvalue weighted by molar-refractivity contribution is 9.10. The van der Waals surface area contributed by atoms with Crippen LogP contribution in [0.25, 0.3) is 11.3 Å². The van der Waals surface area contributed by atoms with Crippen LogP contribution in [0, 0.1) is 6.92 Å². The van der Waals surface area contributed by atoms with Gasteiger partial charge in [0.15, 0.2) is 0 Å². The smallest absolute Gasteiger partial charge is 0.222 e. The first-order valence-corrected chi connectivity index (χ1v) is 5.09. The Morgan fingerprint density at radius 3 is 2.73 bits per heavy atom. The van der Waals surface area contributed by atoms with E-state index in [1.54, 1.807) is 18.2 Å². The maximum Gasteiger partial charge on any atom is 0.222 e. The first-order chi connectivity index (χ1) is 7.08. The zero-order valence-electron chi connectivity index (χ0n) is 7.99. The van der Waals surface area contributed by atoms with E-state index in [1.807, 2.05) is 6.92 Å². The Labute approximate surface area is 94.8 Å². The van der Waals surface area contributed by atoms with Crippen LogP contribution in [0.5, 0.6) is 5.75 Å². The summed E-state index contributed by atoms with van der Waals surface area (Å²) in [6.07, 6.45) is 0. The van der Waals surface area contributed by atoms with E-state index in [9.17, 15) is 5.11 Å². The van der Waals surface area contributed by atoms with Crippen molar-refractivity contribution in [3.05, 3.63) is 28.2 Å². The third-order valence-corrected chi connectivity index (χ3v) is 2.73. The van der Waals surface area contributed by atoms with Gasteiger partial charge in [0.2, 0.25) is 5.88 Å². The SMILES string of the molecule is Cc1cc(O)c(Br)cc1-c1cc(N)on1. The van der Waals surface area contributed by atoms with E-state index in [2.05, 4.69) is 21.1 Å². The summed E-state index contributed by atoms with van der Waals surface area (Å²) in [7, 11) is 0. The Morgan fingerprint density at radius 2 is 2.13 bits per heavy atom. The number of nitrogens with zero attached hydrogens (tertiary/aromatic N) is 1. The van der Waals surface area contributed by atoms with Gasteiger partial charge in [-0.05, 0) is 40.5 Å². The number of aryl methyl sites for hydroxylation is 1. The summed E-state index contributed by atoms with van der Waals surface area (Å²) >= 11 is 3.24. The second kappa shape index (κ2) is 3.58. The van der Waals surface area contributed by atoms with Crippen LogP contribution in [0.4, 0.5) is 5.88 Å². The molecule has 0 amide bonds. The molecule has 0 unspecified atom stereocenters. The van der Waals surface area contributed by atoms with Crippen molar-refractivity contribution in [1.29, 1.82) is 0 Å². The predicted molar refractivity (Wildman–Crippen MR) is 60.5 cm³/mol. The fourth-order valence-corrected chi connectivity index (χ4v) is 1.70. The van der Waals surface area contributed by atoms with Crippen molar-refractivity contribution in [3.63, 3.8) is 0 Å². The lowest BCUT2D eigenvalue weighted by Crippen LogP contribution is -1.84. The van der Waals surface area contributed by atoms with Gasteiger partial charge in [0.1, 0.15) is 11.4 Å². The molecule has 15 heavy (non-hydrogen) atoms. The van der Waals surface area contributed by atoms with Gasteiger partial charge >= 0.3 is 0 Å². The van der Waals surface area contributed by atoms with Gasteiger partial charge in [0.05, 0.1) is 4.47 Å². The lowest BCUT2D eigenvalue weighted by Gasteiger charge is -2.04. The van der Waals surface area contributed by atoms with Gasteiger partial charge in [-0.3, -0.25) is 0 Å². The molecule has 3 N–H and O–H groups in total. The molecule has 0 aliphatic carbocycles. The van der Waals surface area contributed by atoms with Crippen molar-refractivity contribution < 1.29 is 9.63 Å². The van der Waals surface area contributed by atoms with Crippen LogP contribution in [-0.4, -0.2) is 10.3 Å². The van der Waals surface area contributed by atoms with Crippen molar-refractivity contribution in [2.45, 2.75) is 6.92 Å². The highest BCUT2D eigenvalue weighted by Gasteiger charge is 2.10. The van der Waals surface area contributed by atoms with Gasteiger partial charge < -0.3 is 15.4 Å². The molecule has 1 aromatic heterocycles. The van der Waals surface area contributed by atoms with E-state index in [0.717, 1.165) is 11.1 Å². The molecular formula is C10H9BrN2O2. The fraction of sp³-hybridized carbons (Fsp3) is 0.100. The number of benzene rings is 1. The van der Waals surface area contributed by atoms with Gasteiger partial charge in [0.25, 0.3) is 0 Å². The fourth-order valence-electron chi connectivity index (χ4n) is 1.36. The molecule has 0 aliphatic rings. The van der Waals surface area contributed by atoms with E-state index < -0.39 is 0 Å². The molecule has 0 spiro atoms. The number of halogens is 1. The highest BCUT2D eigenvalue weighted by atomic mass is 79.9. The first-order valence-electron chi connectivity index (χ1n) is 4.29. The number of rotatable bonds is 1. The molecule has 0 atom stereocenters. The molecule has 0 radical (unpaired) electrons. The molecule has 2 aromatic rings. The van der Waals surface area contributed by atoms with Crippen molar-refractivity contribution in [1.82, 2.24) is 5.16 Å². The molecule has 1 aromatic carbocycles. The van der Waals surface area contributed by atoms with Gasteiger partial charge in [-0.25, -0.2) is 0 Å². The molecule has 2 rings (SSSR count). The zero-order chi connectivity index (χ0) is 11.0. The summed E-state index contributed by atoms with van der Waals surface area (Å²) in [6.45, 7) is 1.88. The Kier molecular flexibility index (Phi) is 2.40. The Balaban J connectivity index is 2.58. The Hall–Kier alpha value is -1.49. The number of nitrogens with two attached hydrogens (primary N) is 1. The number of hydrogen-bond donors (Lipinski definition) is 2.